The fraction of sp³-hybridized carbons (Fsp3) is 0.750. The normalized spacial score (nSPS) is 11.7. The summed E-state index contributed by atoms with van der Waals surface area (Å²) in [5.74, 6) is -1.30. The molecule has 6 heteroatoms. The molecule has 0 fully saturated rings. The Bertz CT molecular complexity index is 163. The molecule has 0 bridgehead atoms. The average Bonchev–Trinajstić information content (AvgIpc) is 1.88. The lowest BCUT2D eigenvalue weighted by atomic mass is 10.3. The largest absolute Gasteiger partial charge is 0.479 e. The molecular formula is C4H7N3O3. The molecule has 0 aromatic rings. The van der Waals surface area contributed by atoms with Crippen LogP contribution >= 0.6 is 0 Å². The highest BCUT2D eigenvalue weighted by atomic mass is 16.4. The maximum absolute atomic E-state index is 9.91. The van der Waals surface area contributed by atoms with E-state index in [9.17, 15) is 4.79 Å². The van der Waals surface area contributed by atoms with Crippen molar-refractivity contribution in [2.24, 2.45) is 5.11 Å². The summed E-state index contributed by atoms with van der Waals surface area (Å²) in [5.41, 5.74) is 7.75. The van der Waals surface area contributed by atoms with Crippen molar-refractivity contribution in [2.45, 2.75) is 12.5 Å². The Morgan fingerprint density at radius 2 is 2.40 bits per heavy atom. The van der Waals surface area contributed by atoms with E-state index in [1.165, 1.54) is 0 Å². The number of carboxylic acid groups (broad SMARTS) is 1. The minimum Gasteiger partial charge on any atom is -0.479 e. The molecule has 0 aromatic carbocycles. The average molecular weight is 145 g/mol. The van der Waals surface area contributed by atoms with Gasteiger partial charge in [0.2, 0.25) is 0 Å². The number of aliphatic carboxylic acids is 1. The molecule has 1 unspecified atom stereocenters. The summed E-state index contributed by atoms with van der Waals surface area (Å²) in [5, 5.41) is 19.7. The fourth-order valence-electron chi connectivity index (χ4n) is 0.348. The number of hydrogen-bond donors (Lipinski definition) is 2. The molecule has 1 atom stereocenters. The second-order valence-electron chi connectivity index (χ2n) is 1.60. The first-order valence-electron chi connectivity index (χ1n) is 2.60. The van der Waals surface area contributed by atoms with Crippen LogP contribution in [0.1, 0.15) is 6.42 Å². The van der Waals surface area contributed by atoms with Gasteiger partial charge < -0.3 is 10.2 Å². The van der Waals surface area contributed by atoms with Crippen LogP contribution in [-0.4, -0.2) is 28.8 Å². The van der Waals surface area contributed by atoms with Crippen LogP contribution in [0.4, 0.5) is 0 Å². The van der Waals surface area contributed by atoms with Gasteiger partial charge in [0.05, 0.1) is 0 Å². The quantitative estimate of drug-likeness (QED) is 0.333. The summed E-state index contributed by atoms with van der Waals surface area (Å²) in [7, 11) is 0. The minimum atomic E-state index is -1.43. The van der Waals surface area contributed by atoms with Crippen LogP contribution < -0.4 is 0 Å². The van der Waals surface area contributed by atoms with Crippen LogP contribution in [0.25, 0.3) is 10.4 Å². The monoisotopic (exact) mass is 145 g/mol. The molecule has 6 nitrogen and oxygen atoms in total. The van der Waals surface area contributed by atoms with E-state index in [-0.39, 0.29) is 13.0 Å². The van der Waals surface area contributed by atoms with Gasteiger partial charge in [0.1, 0.15) is 0 Å². The summed E-state index contributed by atoms with van der Waals surface area (Å²) in [6.07, 6.45) is -1.47. The Hall–Kier alpha value is -1.26. The summed E-state index contributed by atoms with van der Waals surface area (Å²) in [4.78, 5) is 12.3. The van der Waals surface area contributed by atoms with Gasteiger partial charge in [0.15, 0.2) is 6.10 Å². The predicted octanol–water partition coefficient (Wildman–Crippen LogP) is 0.132. The van der Waals surface area contributed by atoms with Crippen molar-refractivity contribution < 1.29 is 15.0 Å². The molecule has 2 N–H and O–H groups in total. The van der Waals surface area contributed by atoms with Gasteiger partial charge in [-0.3, -0.25) is 0 Å². The van der Waals surface area contributed by atoms with Crippen molar-refractivity contribution >= 4 is 5.97 Å². The standard InChI is InChI=1S/C4H7N3O3/c5-7-6-2-1-3(8)4(9)10/h3,8H,1-2H2,(H,9,10). The SMILES string of the molecule is [N-]=[N+]=NCCC(O)C(=O)O. The molecule has 0 saturated heterocycles. The zero-order valence-corrected chi connectivity index (χ0v) is 5.14. The molecule has 0 aliphatic rings. The number of carboxylic acids is 1. The van der Waals surface area contributed by atoms with Crippen molar-refractivity contribution in [1.29, 1.82) is 0 Å². The first-order valence-corrected chi connectivity index (χ1v) is 2.60. The smallest absolute Gasteiger partial charge is 0.332 e. The number of aliphatic hydroxyl groups is 1. The maximum Gasteiger partial charge on any atom is 0.332 e. The Morgan fingerprint density at radius 1 is 1.80 bits per heavy atom. The molecule has 0 rings (SSSR count). The van der Waals surface area contributed by atoms with E-state index in [1.54, 1.807) is 0 Å². The first-order chi connectivity index (χ1) is 4.68. The number of carbonyl (C=O) groups is 1. The van der Waals surface area contributed by atoms with E-state index in [1.807, 2.05) is 0 Å². The van der Waals surface area contributed by atoms with Crippen LogP contribution in [0.15, 0.2) is 5.11 Å². The van der Waals surface area contributed by atoms with Gasteiger partial charge in [-0.25, -0.2) is 4.79 Å². The van der Waals surface area contributed by atoms with E-state index in [4.69, 9.17) is 15.7 Å². The Labute approximate surface area is 56.7 Å². The topological polar surface area (TPSA) is 106 Å². The van der Waals surface area contributed by atoms with Gasteiger partial charge in [0, 0.05) is 11.5 Å². The number of hydrogen-bond acceptors (Lipinski definition) is 3. The second-order valence-corrected chi connectivity index (χ2v) is 1.60. The summed E-state index contributed by atoms with van der Waals surface area (Å²) >= 11 is 0. The van der Waals surface area contributed by atoms with Crippen molar-refractivity contribution in [2.75, 3.05) is 6.54 Å². The van der Waals surface area contributed by atoms with E-state index in [2.05, 4.69) is 10.0 Å². The summed E-state index contributed by atoms with van der Waals surface area (Å²) in [6, 6.07) is 0. The highest BCUT2D eigenvalue weighted by molar-refractivity contribution is 5.71. The van der Waals surface area contributed by atoms with Crippen molar-refractivity contribution in [1.82, 2.24) is 0 Å². The lowest BCUT2D eigenvalue weighted by molar-refractivity contribution is -0.146. The molecule has 0 spiro atoms. The molecule has 0 radical (unpaired) electrons. The van der Waals surface area contributed by atoms with Crippen LogP contribution in [-0.2, 0) is 4.79 Å². The zero-order chi connectivity index (χ0) is 7.98. The van der Waals surface area contributed by atoms with Gasteiger partial charge in [0.25, 0.3) is 0 Å². The molecule has 0 saturated carbocycles. The van der Waals surface area contributed by atoms with Gasteiger partial charge >= 0.3 is 5.97 Å². The molecule has 0 amide bonds. The maximum atomic E-state index is 9.91. The Morgan fingerprint density at radius 3 is 2.80 bits per heavy atom. The fourth-order valence-corrected chi connectivity index (χ4v) is 0.348. The number of nitrogens with zero attached hydrogens (tertiary/aromatic N) is 3. The third kappa shape index (κ3) is 3.71. The number of rotatable bonds is 4. The lowest BCUT2D eigenvalue weighted by Gasteiger charge is -1.99. The molecule has 56 valence electrons. The van der Waals surface area contributed by atoms with Crippen LogP contribution in [0.3, 0.4) is 0 Å². The van der Waals surface area contributed by atoms with Crippen molar-refractivity contribution in [3.8, 4) is 0 Å². The molecule has 0 aromatic heterocycles. The summed E-state index contributed by atoms with van der Waals surface area (Å²) < 4.78 is 0. The predicted molar refractivity (Wildman–Crippen MR) is 32.3 cm³/mol. The van der Waals surface area contributed by atoms with Gasteiger partial charge in [-0.1, -0.05) is 5.11 Å². The van der Waals surface area contributed by atoms with Gasteiger partial charge in [-0.05, 0) is 12.0 Å². The third-order valence-corrected chi connectivity index (χ3v) is 0.851. The Balaban J connectivity index is 3.48. The number of aliphatic hydroxyl groups excluding tert-OH is 1. The van der Waals surface area contributed by atoms with Crippen LogP contribution in [0, 0.1) is 0 Å². The van der Waals surface area contributed by atoms with Crippen LogP contribution in [0.5, 0.6) is 0 Å². The molecule has 0 heterocycles. The lowest BCUT2D eigenvalue weighted by Crippen LogP contribution is -2.19. The van der Waals surface area contributed by atoms with Gasteiger partial charge in [-0.2, -0.15) is 0 Å². The molecular weight excluding hydrogens is 138 g/mol. The number of azide groups is 1. The van der Waals surface area contributed by atoms with E-state index in [0.29, 0.717) is 0 Å². The third-order valence-electron chi connectivity index (χ3n) is 0.851. The molecule has 0 aliphatic heterocycles. The molecule has 10 heavy (non-hydrogen) atoms. The van der Waals surface area contributed by atoms with Crippen molar-refractivity contribution in [3.05, 3.63) is 10.4 Å². The van der Waals surface area contributed by atoms with Crippen LogP contribution in [0.2, 0.25) is 0 Å². The highest BCUT2D eigenvalue weighted by Gasteiger charge is 2.10. The minimum absolute atomic E-state index is 0.00394. The van der Waals surface area contributed by atoms with E-state index < -0.39 is 12.1 Å². The second kappa shape index (κ2) is 4.60. The zero-order valence-electron chi connectivity index (χ0n) is 5.14. The van der Waals surface area contributed by atoms with E-state index >= 15 is 0 Å². The van der Waals surface area contributed by atoms with E-state index in [0.717, 1.165) is 0 Å². The van der Waals surface area contributed by atoms with Gasteiger partial charge in [-0.15, -0.1) is 0 Å². The summed E-state index contributed by atoms with van der Waals surface area (Å²) in [6.45, 7) is 0.00394. The first kappa shape index (κ1) is 8.74. The van der Waals surface area contributed by atoms with Crippen molar-refractivity contribution in [3.63, 3.8) is 0 Å². The Kier molecular flexibility index (Phi) is 4.02. The highest BCUT2D eigenvalue weighted by Crippen LogP contribution is 1.91. The molecule has 0 aliphatic carbocycles.